The second kappa shape index (κ2) is 8.87. The fraction of sp³-hybridized carbons (Fsp3) is 0.500. The molecule has 2 N–H and O–H groups in total. The second-order valence-electron chi connectivity index (χ2n) is 7.12. The molecule has 2 aromatic heterocycles. The Morgan fingerprint density at radius 2 is 1.83 bits per heavy atom. The van der Waals surface area contributed by atoms with Gasteiger partial charge in [-0.1, -0.05) is 6.07 Å². The zero-order valence-electron chi connectivity index (χ0n) is 16.5. The summed E-state index contributed by atoms with van der Waals surface area (Å²) in [7, 11) is 0. The third-order valence-electron chi connectivity index (χ3n) is 4.68. The summed E-state index contributed by atoms with van der Waals surface area (Å²) in [5.74, 6) is -0.640. The van der Waals surface area contributed by atoms with Crippen LogP contribution in [0, 0.1) is 4.77 Å². The Morgan fingerprint density at radius 3 is 2.41 bits per heavy atom. The van der Waals surface area contributed by atoms with Crippen LogP contribution in [0.5, 0.6) is 0 Å². The van der Waals surface area contributed by atoms with Gasteiger partial charge in [0.05, 0.1) is 4.88 Å². The van der Waals surface area contributed by atoms with Crippen molar-refractivity contribution >= 4 is 41.3 Å². The number of aromatic nitrogens is 3. The maximum atomic E-state index is 13.1. The monoisotopic (exact) mass is 436 g/mol. The number of aromatic amines is 1. The lowest BCUT2D eigenvalue weighted by Gasteiger charge is -2.35. The number of amides is 3. The molecule has 3 amide bonds. The fourth-order valence-corrected chi connectivity index (χ4v) is 4.22. The van der Waals surface area contributed by atoms with Gasteiger partial charge in [0.1, 0.15) is 6.04 Å². The highest BCUT2D eigenvalue weighted by molar-refractivity contribution is 7.71. The summed E-state index contributed by atoms with van der Waals surface area (Å²) in [4.78, 5) is 41.3. The van der Waals surface area contributed by atoms with E-state index in [1.54, 1.807) is 30.2 Å². The predicted molar refractivity (Wildman–Crippen MR) is 112 cm³/mol. The SMILES string of the molecule is CC(C)NC(=O)C(=O)N1CCN(C(=O)C(C)n2c(-c3cccs3)n[nH]c2=S)CC1. The van der Waals surface area contributed by atoms with Gasteiger partial charge in [0, 0.05) is 32.2 Å². The first-order valence-electron chi connectivity index (χ1n) is 9.39. The number of H-pyrrole nitrogens is 1. The first kappa shape index (κ1) is 21.2. The molecule has 29 heavy (non-hydrogen) atoms. The maximum Gasteiger partial charge on any atom is 0.312 e. The van der Waals surface area contributed by atoms with Gasteiger partial charge in [-0.15, -0.1) is 11.3 Å². The lowest BCUT2D eigenvalue weighted by molar-refractivity contribution is -0.149. The van der Waals surface area contributed by atoms with E-state index < -0.39 is 17.9 Å². The van der Waals surface area contributed by atoms with Gasteiger partial charge in [0.15, 0.2) is 10.6 Å². The molecule has 11 heteroatoms. The Morgan fingerprint density at radius 1 is 1.17 bits per heavy atom. The summed E-state index contributed by atoms with van der Waals surface area (Å²) in [5.41, 5.74) is 0. The van der Waals surface area contributed by atoms with Crippen LogP contribution >= 0.6 is 23.6 Å². The summed E-state index contributed by atoms with van der Waals surface area (Å²) >= 11 is 6.86. The Balaban J connectivity index is 1.66. The Labute approximate surface area is 177 Å². The first-order chi connectivity index (χ1) is 13.8. The average Bonchev–Trinajstić information content (AvgIpc) is 3.35. The number of thiophene rings is 1. The van der Waals surface area contributed by atoms with E-state index in [0.717, 1.165) is 4.88 Å². The van der Waals surface area contributed by atoms with E-state index in [0.29, 0.717) is 36.8 Å². The van der Waals surface area contributed by atoms with Gasteiger partial charge in [-0.25, -0.2) is 0 Å². The summed E-state index contributed by atoms with van der Waals surface area (Å²) in [5, 5.41) is 11.6. The van der Waals surface area contributed by atoms with Crippen LogP contribution in [0.25, 0.3) is 10.7 Å². The third-order valence-corrected chi connectivity index (χ3v) is 5.84. The highest BCUT2D eigenvalue weighted by atomic mass is 32.1. The number of nitrogens with zero attached hydrogens (tertiary/aromatic N) is 4. The molecule has 1 atom stereocenters. The molecule has 1 saturated heterocycles. The minimum atomic E-state index is -0.613. The molecule has 3 rings (SSSR count). The van der Waals surface area contributed by atoms with Gasteiger partial charge in [-0.2, -0.15) is 5.10 Å². The molecule has 0 aliphatic carbocycles. The van der Waals surface area contributed by atoms with Crippen molar-refractivity contribution in [2.75, 3.05) is 26.2 Å². The maximum absolute atomic E-state index is 13.1. The van der Waals surface area contributed by atoms with Crippen molar-refractivity contribution in [2.24, 2.45) is 0 Å². The molecule has 156 valence electrons. The van der Waals surface area contributed by atoms with Crippen LogP contribution in [-0.4, -0.2) is 74.5 Å². The van der Waals surface area contributed by atoms with Crippen LogP contribution in [0.15, 0.2) is 17.5 Å². The topological polar surface area (TPSA) is 103 Å². The van der Waals surface area contributed by atoms with Crippen LogP contribution in [0.4, 0.5) is 0 Å². The number of carbonyl (C=O) groups excluding carboxylic acids is 3. The van der Waals surface area contributed by atoms with E-state index in [-0.39, 0.29) is 11.9 Å². The molecule has 1 aliphatic rings. The molecule has 0 bridgehead atoms. The lowest BCUT2D eigenvalue weighted by atomic mass is 10.2. The van der Waals surface area contributed by atoms with Gasteiger partial charge in [-0.3, -0.25) is 24.0 Å². The minimum absolute atomic E-state index is 0.0981. The summed E-state index contributed by atoms with van der Waals surface area (Å²) in [6.45, 7) is 6.75. The molecule has 0 aromatic carbocycles. The largest absolute Gasteiger partial charge is 0.346 e. The number of piperazine rings is 1. The van der Waals surface area contributed by atoms with Crippen molar-refractivity contribution in [3.63, 3.8) is 0 Å². The summed E-state index contributed by atoms with van der Waals surface area (Å²) in [6.07, 6.45) is 0. The van der Waals surface area contributed by atoms with Crippen LogP contribution in [0.1, 0.15) is 26.8 Å². The van der Waals surface area contributed by atoms with Crippen LogP contribution in [0.3, 0.4) is 0 Å². The van der Waals surface area contributed by atoms with Crippen molar-refractivity contribution in [1.29, 1.82) is 0 Å². The quantitative estimate of drug-likeness (QED) is 0.557. The first-order valence-corrected chi connectivity index (χ1v) is 10.7. The van der Waals surface area contributed by atoms with E-state index in [4.69, 9.17) is 12.2 Å². The van der Waals surface area contributed by atoms with Crippen LogP contribution in [0.2, 0.25) is 0 Å². The molecule has 2 aromatic rings. The third kappa shape index (κ3) is 4.56. The molecule has 1 unspecified atom stereocenters. The van der Waals surface area contributed by atoms with E-state index in [2.05, 4.69) is 15.5 Å². The van der Waals surface area contributed by atoms with E-state index >= 15 is 0 Å². The van der Waals surface area contributed by atoms with Crippen LogP contribution in [-0.2, 0) is 14.4 Å². The van der Waals surface area contributed by atoms with E-state index in [1.165, 1.54) is 16.2 Å². The van der Waals surface area contributed by atoms with Gasteiger partial charge in [-0.05, 0) is 44.4 Å². The van der Waals surface area contributed by atoms with Crippen molar-refractivity contribution in [2.45, 2.75) is 32.9 Å². The molecule has 0 spiro atoms. The molecule has 9 nitrogen and oxygen atoms in total. The van der Waals surface area contributed by atoms with Crippen molar-refractivity contribution in [3.8, 4) is 10.7 Å². The summed E-state index contributed by atoms with van der Waals surface area (Å²) < 4.78 is 2.10. The Hall–Kier alpha value is -2.53. The van der Waals surface area contributed by atoms with Crippen molar-refractivity contribution < 1.29 is 14.4 Å². The van der Waals surface area contributed by atoms with Crippen LogP contribution < -0.4 is 5.32 Å². The predicted octanol–water partition coefficient (Wildman–Crippen LogP) is 1.43. The Bertz CT molecular complexity index is 941. The van der Waals surface area contributed by atoms with E-state index in [1.807, 2.05) is 17.5 Å². The fourth-order valence-electron chi connectivity index (χ4n) is 3.22. The highest BCUT2D eigenvalue weighted by Gasteiger charge is 2.31. The lowest BCUT2D eigenvalue weighted by Crippen LogP contribution is -2.55. The smallest absolute Gasteiger partial charge is 0.312 e. The number of carbonyl (C=O) groups is 3. The molecule has 0 radical (unpaired) electrons. The highest BCUT2D eigenvalue weighted by Crippen LogP contribution is 2.26. The van der Waals surface area contributed by atoms with Gasteiger partial charge in [0.2, 0.25) is 5.91 Å². The summed E-state index contributed by atoms with van der Waals surface area (Å²) in [6, 6.07) is 3.20. The number of nitrogens with one attached hydrogen (secondary N) is 2. The minimum Gasteiger partial charge on any atom is -0.346 e. The molecule has 1 aliphatic heterocycles. The molecular formula is C18H24N6O3S2. The average molecular weight is 437 g/mol. The van der Waals surface area contributed by atoms with Gasteiger partial charge in [0.25, 0.3) is 0 Å². The normalized spacial score (nSPS) is 15.4. The molecule has 1 fully saturated rings. The van der Waals surface area contributed by atoms with Gasteiger partial charge < -0.3 is 15.1 Å². The Kier molecular flexibility index (Phi) is 6.48. The number of hydrogen-bond donors (Lipinski definition) is 2. The molecule has 0 saturated carbocycles. The van der Waals surface area contributed by atoms with Gasteiger partial charge >= 0.3 is 11.8 Å². The van der Waals surface area contributed by atoms with Crippen molar-refractivity contribution in [3.05, 3.63) is 22.3 Å². The molecular weight excluding hydrogens is 412 g/mol. The van der Waals surface area contributed by atoms with Crippen molar-refractivity contribution in [1.82, 2.24) is 29.9 Å². The second-order valence-corrected chi connectivity index (χ2v) is 8.46. The standard InChI is InChI=1S/C18H24N6O3S2/c1-11(2)19-15(25)17(27)23-8-6-22(7-9-23)16(26)12(3)24-14(20-21-18(24)28)13-5-4-10-29-13/h4-5,10-12H,6-9H2,1-3H3,(H,19,25)(H,21,28). The molecule has 3 heterocycles. The van der Waals surface area contributed by atoms with E-state index in [9.17, 15) is 14.4 Å². The zero-order chi connectivity index (χ0) is 21.1. The number of hydrogen-bond acceptors (Lipinski definition) is 6. The number of rotatable bonds is 4. The zero-order valence-corrected chi connectivity index (χ0v) is 18.2.